The zero-order chi connectivity index (χ0) is 11.1. The topological polar surface area (TPSA) is 12.0 Å². The van der Waals surface area contributed by atoms with Gasteiger partial charge in [-0.2, -0.15) is 0 Å². The van der Waals surface area contributed by atoms with E-state index in [1.165, 1.54) is 5.56 Å². The summed E-state index contributed by atoms with van der Waals surface area (Å²) in [5.41, 5.74) is 3.73. The van der Waals surface area contributed by atoms with Crippen LogP contribution in [0.5, 0.6) is 0 Å². The molecule has 0 spiro atoms. The summed E-state index contributed by atoms with van der Waals surface area (Å²) >= 11 is 0. The van der Waals surface area contributed by atoms with Gasteiger partial charge in [-0.1, -0.05) is 61.7 Å². The first-order valence-corrected chi connectivity index (χ1v) is 9.08. The Kier molecular flexibility index (Phi) is 4.79. The van der Waals surface area contributed by atoms with Crippen LogP contribution in [-0.2, 0) is 6.54 Å². The smallest absolute Gasteiger partial charge is 0.0683 e. The largest absolute Gasteiger partial charge is 0.309 e. The van der Waals surface area contributed by atoms with Gasteiger partial charge in [-0.3, -0.25) is 0 Å². The third-order valence-electron chi connectivity index (χ3n) is 2.05. The van der Waals surface area contributed by atoms with Crippen LogP contribution >= 0.6 is 0 Å². The van der Waals surface area contributed by atoms with Gasteiger partial charge in [0.1, 0.15) is 0 Å². The Bertz CT molecular complexity index is 298. The molecule has 2 heteroatoms. The maximum absolute atomic E-state index is 3.41. The van der Waals surface area contributed by atoms with Gasteiger partial charge in [0.2, 0.25) is 0 Å². The lowest BCUT2D eigenvalue weighted by atomic mass is 10.2. The van der Waals surface area contributed by atoms with Crippen molar-refractivity contribution in [2.75, 3.05) is 6.54 Å². The first-order valence-electron chi connectivity index (χ1n) is 5.50. The highest BCUT2D eigenvalue weighted by molar-refractivity contribution is 6.80. The molecular formula is C13H21NSi. The second kappa shape index (κ2) is 5.88. The van der Waals surface area contributed by atoms with Gasteiger partial charge in [0.05, 0.1) is 8.07 Å². The van der Waals surface area contributed by atoms with Crippen molar-refractivity contribution in [3.63, 3.8) is 0 Å². The molecule has 0 aliphatic carbocycles. The molecule has 0 fully saturated rings. The molecule has 0 aliphatic rings. The summed E-state index contributed by atoms with van der Waals surface area (Å²) in [5.74, 6) is 0. The van der Waals surface area contributed by atoms with Crippen LogP contribution in [0, 0.1) is 0 Å². The van der Waals surface area contributed by atoms with Crippen molar-refractivity contribution in [1.29, 1.82) is 0 Å². The molecule has 0 saturated carbocycles. The van der Waals surface area contributed by atoms with Crippen molar-refractivity contribution in [3.05, 3.63) is 47.7 Å². The zero-order valence-electron chi connectivity index (χ0n) is 9.96. The highest BCUT2D eigenvalue weighted by Gasteiger charge is 2.05. The van der Waals surface area contributed by atoms with Crippen LogP contribution in [-0.4, -0.2) is 14.6 Å². The molecule has 0 amide bonds. The lowest BCUT2D eigenvalue weighted by Crippen LogP contribution is -2.18. The van der Waals surface area contributed by atoms with Gasteiger partial charge in [-0.25, -0.2) is 0 Å². The molecule has 15 heavy (non-hydrogen) atoms. The van der Waals surface area contributed by atoms with Gasteiger partial charge >= 0.3 is 0 Å². The molecule has 0 aliphatic heterocycles. The maximum atomic E-state index is 3.41. The molecule has 0 radical (unpaired) electrons. The Balaban J connectivity index is 2.21. The SMILES string of the molecule is C[Si](C)(C)C=CCNCc1ccccc1. The fourth-order valence-corrected chi connectivity index (χ4v) is 2.13. The normalized spacial score (nSPS) is 12.2. The molecule has 0 aromatic heterocycles. The van der Waals surface area contributed by atoms with E-state index in [4.69, 9.17) is 0 Å². The van der Waals surface area contributed by atoms with Crippen LogP contribution in [0.1, 0.15) is 5.56 Å². The highest BCUT2D eigenvalue weighted by atomic mass is 28.3. The van der Waals surface area contributed by atoms with E-state index in [9.17, 15) is 0 Å². The van der Waals surface area contributed by atoms with Crippen molar-refractivity contribution >= 4 is 8.07 Å². The number of nitrogens with one attached hydrogen (secondary N) is 1. The van der Waals surface area contributed by atoms with Crippen LogP contribution in [0.25, 0.3) is 0 Å². The molecule has 1 aromatic carbocycles. The number of benzene rings is 1. The van der Waals surface area contributed by atoms with Gasteiger partial charge in [0.25, 0.3) is 0 Å². The first kappa shape index (κ1) is 12.2. The van der Waals surface area contributed by atoms with E-state index in [1.807, 2.05) is 0 Å². The number of hydrogen-bond donors (Lipinski definition) is 1. The number of hydrogen-bond acceptors (Lipinski definition) is 1. The highest BCUT2D eigenvalue weighted by Crippen LogP contribution is 2.01. The average molecular weight is 219 g/mol. The van der Waals surface area contributed by atoms with Crippen LogP contribution < -0.4 is 5.32 Å². The summed E-state index contributed by atoms with van der Waals surface area (Å²) in [6, 6.07) is 10.5. The van der Waals surface area contributed by atoms with E-state index in [2.05, 4.69) is 67.1 Å². The summed E-state index contributed by atoms with van der Waals surface area (Å²) < 4.78 is 0. The number of rotatable bonds is 5. The van der Waals surface area contributed by atoms with E-state index in [0.717, 1.165) is 13.1 Å². The van der Waals surface area contributed by atoms with Gasteiger partial charge in [0, 0.05) is 13.1 Å². The van der Waals surface area contributed by atoms with Crippen LogP contribution in [0.4, 0.5) is 0 Å². The summed E-state index contributed by atoms with van der Waals surface area (Å²) in [6.07, 6.45) is 2.26. The Morgan fingerprint density at radius 3 is 2.40 bits per heavy atom. The fraction of sp³-hybridized carbons (Fsp3) is 0.385. The summed E-state index contributed by atoms with van der Waals surface area (Å²) in [4.78, 5) is 0. The Morgan fingerprint density at radius 2 is 1.80 bits per heavy atom. The molecule has 82 valence electrons. The molecule has 1 N–H and O–H groups in total. The first-order chi connectivity index (χ1) is 7.08. The molecule has 0 bridgehead atoms. The minimum absolute atomic E-state index is 0.955. The molecule has 1 nitrogen and oxygen atoms in total. The van der Waals surface area contributed by atoms with Gasteiger partial charge < -0.3 is 5.32 Å². The monoisotopic (exact) mass is 219 g/mol. The maximum Gasteiger partial charge on any atom is 0.0683 e. The summed E-state index contributed by atoms with van der Waals surface area (Å²) in [5, 5.41) is 3.41. The van der Waals surface area contributed by atoms with Gasteiger partial charge in [0.15, 0.2) is 0 Å². The molecule has 0 heterocycles. The third-order valence-corrected chi connectivity index (χ3v) is 3.29. The van der Waals surface area contributed by atoms with Crippen LogP contribution in [0.2, 0.25) is 19.6 Å². The minimum atomic E-state index is -1.01. The Hall–Kier alpha value is -0.863. The Labute approximate surface area is 94.2 Å². The van der Waals surface area contributed by atoms with E-state index >= 15 is 0 Å². The van der Waals surface area contributed by atoms with Gasteiger partial charge in [-0.15, -0.1) is 0 Å². The van der Waals surface area contributed by atoms with E-state index in [0.29, 0.717) is 0 Å². The lowest BCUT2D eigenvalue weighted by Gasteiger charge is -2.08. The van der Waals surface area contributed by atoms with Gasteiger partial charge in [-0.05, 0) is 5.56 Å². The standard InChI is InChI=1S/C13H21NSi/c1-15(2,3)11-7-10-14-12-13-8-5-4-6-9-13/h4-9,11,14H,10,12H2,1-3H3. The van der Waals surface area contributed by atoms with Crippen molar-refractivity contribution in [1.82, 2.24) is 5.32 Å². The van der Waals surface area contributed by atoms with Crippen LogP contribution in [0.15, 0.2) is 42.1 Å². The molecule has 0 unspecified atom stereocenters. The van der Waals surface area contributed by atoms with E-state index in [-0.39, 0.29) is 0 Å². The van der Waals surface area contributed by atoms with E-state index in [1.54, 1.807) is 0 Å². The Morgan fingerprint density at radius 1 is 1.13 bits per heavy atom. The van der Waals surface area contributed by atoms with Crippen molar-refractivity contribution in [3.8, 4) is 0 Å². The summed E-state index contributed by atoms with van der Waals surface area (Å²) in [7, 11) is -1.01. The summed E-state index contributed by atoms with van der Waals surface area (Å²) in [6.45, 7) is 8.97. The molecule has 1 rings (SSSR count). The molecule has 0 saturated heterocycles. The van der Waals surface area contributed by atoms with Crippen molar-refractivity contribution < 1.29 is 0 Å². The second-order valence-corrected chi connectivity index (χ2v) is 9.95. The zero-order valence-corrected chi connectivity index (χ0v) is 11.0. The van der Waals surface area contributed by atoms with Crippen molar-refractivity contribution in [2.24, 2.45) is 0 Å². The average Bonchev–Trinajstić information content (AvgIpc) is 2.17. The molecule has 1 aromatic rings. The second-order valence-electron chi connectivity index (χ2n) is 4.88. The fourth-order valence-electron chi connectivity index (χ4n) is 1.31. The lowest BCUT2D eigenvalue weighted by molar-refractivity contribution is 0.760. The quantitative estimate of drug-likeness (QED) is 0.592. The minimum Gasteiger partial charge on any atom is -0.309 e. The van der Waals surface area contributed by atoms with Crippen molar-refractivity contribution in [2.45, 2.75) is 26.2 Å². The molecule has 0 atom stereocenters. The predicted molar refractivity (Wildman–Crippen MR) is 70.6 cm³/mol. The van der Waals surface area contributed by atoms with Crippen LogP contribution in [0.3, 0.4) is 0 Å². The molecular weight excluding hydrogens is 198 g/mol. The third kappa shape index (κ3) is 6.26. The van der Waals surface area contributed by atoms with E-state index < -0.39 is 8.07 Å². The predicted octanol–water partition coefficient (Wildman–Crippen LogP) is 3.21.